The fourth-order valence-corrected chi connectivity index (χ4v) is 1.10. The average molecular weight is 216 g/mol. The van der Waals surface area contributed by atoms with Gasteiger partial charge in [0.15, 0.2) is 11.5 Å². The van der Waals surface area contributed by atoms with Crippen molar-refractivity contribution in [3.05, 3.63) is 48.0 Å². The van der Waals surface area contributed by atoms with Gasteiger partial charge in [0.2, 0.25) is 0 Å². The number of aromatic nitrogens is 4. The summed E-state index contributed by atoms with van der Waals surface area (Å²) < 4.78 is 0. The molecule has 6 heteroatoms. The third-order valence-electron chi connectivity index (χ3n) is 1.85. The topological polar surface area (TPSA) is 92.0 Å². The lowest BCUT2D eigenvalue weighted by Crippen LogP contribution is -1.97. The van der Waals surface area contributed by atoms with Crippen LogP contribution in [0, 0.1) is 0 Å². The molecule has 16 heavy (non-hydrogen) atoms. The number of hydrogen-bond acceptors (Lipinski definition) is 6. The maximum Gasteiger partial charge on any atom is 0.188 e. The van der Waals surface area contributed by atoms with E-state index < -0.39 is 0 Å². The van der Waals surface area contributed by atoms with Crippen LogP contribution in [0.2, 0.25) is 0 Å². The average Bonchev–Trinajstić information content (AvgIpc) is 2.39. The Bertz CT molecular complexity index is 451. The normalized spacial score (nSPS) is 12.0. The molecule has 2 aromatic rings. The summed E-state index contributed by atoms with van der Waals surface area (Å²) in [6.07, 6.45) is 2.94. The fraction of sp³-hybridized carbons (Fsp3) is 0. The maximum absolute atomic E-state index is 9.70. The first-order chi connectivity index (χ1) is 7.79. The molecule has 0 aliphatic heterocycles. The van der Waals surface area contributed by atoms with Crippen LogP contribution in [0.15, 0.2) is 36.7 Å². The number of nitrogens with zero attached hydrogens (tertiary/aromatic N) is 4. The Morgan fingerprint density at radius 2 is 1.25 bits per heavy atom. The van der Waals surface area contributed by atoms with Gasteiger partial charge in [-0.15, -0.1) is 10.2 Å². The van der Waals surface area contributed by atoms with Gasteiger partial charge in [-0.2, -0.15) is 10.2 Å². The van der Waals surface area contributed by atoms with Gasteiger partial charge in [-0.1, -0.05) is 0 Å². The van der Waals surface area contributed by atoms with Crippen molar-refractivity contribution in [3.63, 3.8) is 0 Å². The minimum absolute atomic E-state index is 0.172. The zero-order valence-corrected chi connectivity index (χ0v) is 8.15. The lowest BCUT2D eigenvalue weighted by atomic mass is 10.2. The molecule has 0 radical (unpaired) electrons. The van der Waals surface area contributed by atoms with Gasteiger partial charge in [0.25, 0.3) is 0 Å². The summed E-state index contributed by atoms with van der Waals surface area (Å²) in [4.78, 5) is 0. The van der Waals surface area contributed by atoms with E-state index in [1.165, 1.54) is 24.5 Å². The molecule has 2 rings (SSSR count). The standard InChI is InChI=1S/C10H8N4O2/c15-9(7-3-1-5-11-13-7)10(16)8-4-2-6-12-14-8/h1-6,15-16H/b10-9+. The van der Waals surface area contributed by atoms with Crippen molar-refractivity contribution in [1.29, 1.82) is 0 Å². The van der Waals surface area contributed by atoms with Gasteiger partial charge < -0.3 is 10.2 Å². The minimum Gasteiger partial charge on any atom is -0.503 e. The summed E-state index contributed by atoms with van der Waals surface area (Å²) in [5.41, 5.74) is 0.344. The first-order valence-corrected chi connectivity index (χ1v) is 4.47. The first-order valence-electron chi connectivity index (χ1n) is 4.47. The Kier molecular flexibility index (Phi) is 2.73. The van der Waals surface area contributed by atoms with E-state index in [0.29, 0.717) is 0 Å². The number of aliphatic hydroxyl groups excluding tert-OH is 2. The highest BCUT2D eigenvalue weighted by molar-refractivity contribution is 5.79. The van der Waals surface area contributed by atoms with Crippen molar-refractivity contribution in [2.75, 3.05) is 0 Å². The summed E-state index contributed by atoms with van der Waals surface area (Å²) in [5, 5.41) is 33.9. The van der Waals surface area contributed by atoms with E-state index in [-0.39, 0.29) is 22.9 Å². The van der Waals surface area contributed by atoms with Gasteiger partial charge in [0.1, 0.15) is 11.4 Å². The van der Waals surface area contributed by atoms with Crippen molar-refractivity contribution in [2.24, 2.45) is 0 Å². The van der Waals surface area contributed by atoms with Gasteiger partial charge >= 0.3 is 0 Å². The van der Waals surface area contributed by atoms with E-state index in [2.05, 4.69) is 20.4 Å². The SMILES string of the molecule is O/C(=C(/O)c1cccnn1)c1cccnn1. The Morgan fingerprint density at radius 3 is 1.56 bits per heavy atom. The Balaban J connectivity index is 2.43. The van der Waals surface area contributed by atoms with Gasteiger partial charge in [-0.25, -0.2) is 0 Å². The molecule has 0 saturated heterocycles. The Labute approximate surface area is 90.9 Å². The largest absolute Gasteiger partial charge is 0.503 e. The Hall–Kier alpha value is -2.50. The second kappa shape index (κ2) is 4.35. The molecule has 80 valence electrons. The summed E-state index contributed by atoms with van der Waals surface area (Å²) in [6.45, 7) is 0. The van der Waals surface area contributed by atoms with Crippen molar-refractivity contribution >= 4 is 11.5 Å². The smallest absolute Gasteiger partial charge is 0.188 e. The van der Waals surface area contributed by atoms with Crippen molar-refractivity contribution in [2.45, 2.75) is 0 Å². The predicted octanol–water partition coefficient (Wildman–Crippen LogP) is 1.21. The van der Waals surface area contributed by atoms with E-state index >= 15 is 0 Å². The molecular weight excluding hydrogens is 208 g/mol. The third-order valence-corrected chi connectivity index (χ3v) is 1.85. The quantitative estimate of drug-likeness (QED) is 0.733. The molecule has 0 atom stereocenters. The highest BCUT2D eigenvalue weighted by Gasteiger charge is 2.11. The van der Waals surface area contributed by atoms with Crippen molar-refractivity contribution < 1.29 is 10.2 Å². The van der Waals surface area contributed by atoms with Gasteiger partial charge in [0.05, 0.1) is 0 Å². The molecule has 0 fully saturated rings. The summed E-state index contributed by atoms with van der Waals surface area (Å²) >= 11 is 0. The minimum atomic E-state index is -0.381. The van der Waals surface area contributed by atoms with E-state index in [4.69, 9.17) is 0 Å². The van der Waals surface area contributed by atoms with Crippen molar-refractivity contribution in [3.8, 4) is 0 Å². The molecule has 2 N–H and O–H groups in total. The van der Waals surface area contributed by atoms with Crippen LogP contribution in [0.4, 0.5) is 0 Å². The molecule has 0 aliphatic rings. The molecule has 0 aromatic carbocycles. The molecule has 0 spiro atoms. The molecular formula is C10H8N4O2. The van der Waals surface area contributed by atoms with Crippen LogP contribution in [-0.2, 0) is 0 Å². The van der Waals surface area contributed by atoms with Gasteiger partial charge in [-0.05, 0) is 24.3 Å². The third kappa shape index (κ3) is 1.95. The number of hydrogen-bond donors (Lipinski definition) is 2. The highest BCUT2D eigenvalue weighted by atomic mass is 16.3. The van der Waals surface area contributed by atoms with Gasteiger partial charge in [-0.3, -0.25) is 0 Å². The van der Waals surface area contributed by atoms with Crippen LogP contribution in [0.1, 0.15) is 11.4 Å². The summed E-state index contributed by atoms with van der Waals surface area (Å²) in [6, 6.07) is 6.24. The molecule has 0 bridgehead atoms. The van der Waals surface area contributed by atoms with Crippen LogP contribution in [0.25, 0.3) is 11.5 Å². The number of aliphatic hydroxyl groups is 2. The van der Waals surface area contributed by atoms with Gasteiger partial charge in [0, 0.05) is 12.4 Å². The van der Waals surface area contributed by atoms with Crippen LogP contribution >= 0.6 is 0 Å². The lowest BCUT2D eigenvalue weighted by molar-refractivity contribution is 0.454. The fourth-order valence-electron chi connectivity index (χ4n) is 1.10. The van der Waals surface area contributed by atoms with E-state index in [1.807, 2.05) is 0 Å². The first kappa shape index (κ1) is 10.0. The molecule has 0 unspecified atom stereocenters. The second-order valence-corrected chi connectivity index (χ2v) is 2.92. The zero-order chi connectivity index (χ0) is 11.4. The second-order valence-electron chi connectivity index (χ2n) is 2.92. The van der Waals surface area contributed by atoms with Crippen LogP contribution in [0.3, 0.4) is 0 Å². The van der Waals surface area contributed by atoms with Crippen molar-refractivity contribution in [1.82, 2.24) is 20.4 Å². The van der Waals surface area contributed by atoms with Crippen LogP contribution < -0.4 is 0 Å². The monoisotopic (exact) mass is 216 g/mol. The summed E-state index contributed by atoms with van der Waals surface area (Å²) in [7, 11) is 0. The molecule has 2 heterocycles. The zero-order valence-electron chi connectivity index (χ0n) is 8.15. The summed E-state index contributed by atoms with van der Waals surface area (Å²) in [5.74, 6) is -0.762. The highest BCUT2D eigenvalue weighted by Crippen LogP contribution is 2.17. The van der Waals surface area contributed by atoms with E-state index in [9.17, 15) is 10.2 Å². The molecule has 0 amide bonds. The predicted molar refractivity (Wildman–Crippen MR) is 56.1 cm³/mol. The van der Waals surface area contributed by atoms with Crippen LogP contribution in [-0.4, -0.2) is 30.6 Å². The Morgan fingerprint density at radius 1 is 0.812 bits per heavy atom. The molecule has 0 saturated carbocycles. The van der Waals surface area contributed by atoms with Crippen LogP contribution in [0.5, 0.6) is 0 Å². The number of rotatable bonds is 2. The lowest BCUT2D eigenvalue weighted by Gasteiger charge is -2.02. The molecule has 0 aliphatic carbocycles. The molecule has 6 nitrogen and oxygen atoms in total. The van der Waals surface area contributed by atoms with E-state index in [1.54, 1.807) is 12.1 Å². The van der Waals surface area contributed by atoms with E-state index in [0.717, 1.165) is 0 Å². The molecule has 2 aromatic heterocycles. The maximum atomic E-state index is 9.70.